The highest BCUT2D eigenvalue weighted by Crippen LogP contribution is 2.10. The van der Waals surface area contributed by atoms with Gasteiger partial charge in [-0.05, 0) is 17.7 Å². The number of carboxylic acid groups (broad SMARTS) is 1. The fraction of sp³-hybridized carbons (Fsp3) is 0.0833. The van der Waals surface area contributed by atoms with E-state index in [1.165, 1.54) is 23.5 Å². The Hall–Kier alpha value is -2.41. The molecule has 1 heterocycles. The van der Waals surface area contributed by atoms with E-state index >= 15 is 0 Å². The summed E-state index contributed by atoms with van der Waals surface area (Å²) >= 11 is 1.33. The molecule has 0 unspecified atom stereocenters. The lowest BCUT2D eigenvalue weighted by atomic mass is 10.1. The van der Waals surface area contributed by atoms with E-state index in [1.807, 2.05) is 0 Å². The largest absolute Gasteiger partial charge is 0.478 e. The van der Waals surface area contributed by atoms with E-state index in [-0.39, 0.29) is 11.6 Å². The normalized spacial score (nSPS) is 9.89. The third kappa shape index (κ3) is 3.78. The van der Waals surface area contributed by atoms with Gasteiger partial charge in [0.05, 0.1) is 5.56 Å². The van der Waals surface area contributed by atoms with Gasteiger partial charge in [-0.15, -0.1) is 11.3 Å². The molecule has 2 rings (SSSR count). The summed E-state index contributed by atoms with van der Waals surface area (Å²) in [7, 11) is 0. The molecule has 0 saturated heterocycles. The van der Waals surface area contributed by atoms with E-state index in [9.17, 15) is 9.59 Å². The maximum atomic E-state index is 11.5. The van der Waals surface area contributed by atoms with Crippen LogP contribution in [0.5, 0.6) is 0 Å². The molecule has 0 aliphatic carbocycles. The second kappa shape index (κ2) is 5.96. The SMILES string of the molecule is O=C(NCc1ccc(C(=O)O)cc1)Nc1nccs1. The molecule has 0 aliphatic heterocycles. The summed E-state index contributed by atoms with van der Waals surface area (Å²) in [6, 6.07) is 5.97. The lowest BCUT2D eigenvalue weighted by Gasteiger charge is -2.05. The number of hydrogen-bond donors (Lipinski definition) is 3. The zero-order valence-corrected chi connectivity index (χ0v) is 10.6. The van der Waals surface area contributed by atoms with Crippen molar-refractivity contribution < 1.29 is 14.7 Å². The summed E-state index contributed by atoms with van der Waals surface area (Å²) in [5.74, 6) is -0.971. The van der Waals surface area contributed by atoms with Crippen LogP contribution in [-0.2, 0) is 6.54 Å². The first kappa shape index (κ1) is 13.0. The van der Waals surface area contributed by atoms with Gasteiger partial charge in [-0.3, -0.25) is 5.32 Å². The van der Waals surface area contributed by atoms with Crippen molar-refractivity contribution in [1.29, 1.82) is 0 Å². The van der Waals surface area contributed by atoms with E-state index in [0.717, 1.165) is 5.56 Å². The molecule has 0 fully saturated rings. The number of aromatic carboxylic acids is 1. The van der Waals surface area contributed by atoms with Crippen molar-refractivity contribution in [3.8, 4) is 0 Å². The molecule has 19 heavy (non-hydrogen) atoms. The average molecular weight is 277 g/mol. The molecule has 6 nitrogen and oxygen atoms in total. The van der Waals surface area contributed by atoms with E-state index in [4.69, 9.17) is 5.11 Å². The van der Waals surface area contributed by atoms with Crippen molar-refractivity contribution in [1.82, 2.24) is 10.3 Å². The van der Waals surface area contributed by atoms with Crippen LogP contribution in [0.2, 0.25) is 0 Å². The first-order valence-corrected chi connectivity index (χ1v) is 6.29. The van der Waals surface area contributed by atoms with Gasteiger partial charge in [0.2, 0.25) is 0 Å². The number of carbonyl (C=O) groups excluding carboxylic acids is 1. The first-order chi connectivity index (χ1) is 9.15. The first-order valence-electron chi connectivity index (χ1n) is 5.42. The number of hydrogen-bond acceptors (Lipinski definition) is 4. The Morgan fingerprint density at radius 1 is 1.26 bits per heavy atom. The smallest absolute Gasteiger partial charge is 0.335 e. The van der Waals surface area contributed by atoms with Gasteiger partial charge in [0.25, 0.3) is 0 Å². The molecular weight excluding hydrogens is 266 g/mol. The molecule has 1 aromatic heterocycles. The number of aromatic nitrogens is 1. The Kier molecular flexibility index (Phi) is 4.09. The average Bonchev–Trinajstić information content (AvgIpc) is 2.89. The van der Waals surface area contributed by atoms with Gasteiger partial charge in [0.1, 0.15) is 0 Å². The van der Waals surface area contributed by atoms with Crippen LogP contribution in [0.3, 0.4) is 0 Å². The van der Waals surface area contributed by atoms with E-state index in [0.29, 0.717) is 11.7 Å². The number of nitrogens with zero attached hydrogens (tertiary/aromatic N) is 1. The zero-order valence-electron chi connectivity index (χ0n) is 9.79. The van der Waals surface area contributed by atoms with Gasteiger partial charge < -0.3 is 10.4 Å². The predicted octanol–water partition coefficient (Wildman–Crippen LogP) is 2.16. The number of benzene rings is 1. The van der Waals surface area contributed by atoms with Crippen LogP contribution < -0.4 is 10.6 Å². The molecular formula is C12H11N3O3S. The molecule has 0 saturated carbocycles. The molecule has 0 aliphatic rings. The standard InChI is InChI=1S/C12H11N3O3S/c16-10(17)9-3-1-8(2-4-9)7-14-11(18)15-12-13-5-6-19-12/h1-6H,7H2,(H,16,17)(H2,13,14,15,18). The predicted molar refractivity (Wildman–Crippen MR) is 71.4 cm³/mol. The van der Waals surface area contributed by atoms with Crippen LogP contribution >= 0.6 is 11.3 Å². The van der Waals surface area contributed by atoms with Gasteiger partial charge in [-0.2, -0.15) is 0 Å². The molecule has 3 N–H and O–H groups in total. The fourth-order valence-electron chi connectivity index (χ4n) is 1.37. The molecule has 98 valence electrons. The van der Waals surface area contributed by atoms with Crippen LogP contribution in [0.1, 0.15) is 15.9 Å². The van der Waals surface area contributed by atoms with Crippen LogP contribution in [-0.4, -0.2) is 22.1 Å². The quantitative estimate of drug-likeness (QED) is 0.798. The Bertz CT molecular complexity index is 566. The Balaban J connectivity index is 1.84. The number of urea groups is 1. The summed E-state index contributed by atoms with van der Waals surface area (Å²) in [5, 5.41) is 16.3. The molecule has 1 aromatic carbocycles. The van der Waals surface area contributed by atoms with Crippen molar-refractivity contribution in [2.24, 2.45) is 0 Å². The summed E-state index contributed by atoms with van der Waals surface area (Å²) in [6.45, 7) is 0.317. The lowest BCUT2D eigenvalue weighted by molar-refractivity contribution is 0.0697. The van der Waals surface area contributed by atoms with Gasteiger partial charge in [0, 0.05) is 18.1 Å². The van der Waals surface area contributed by atoms with Gasteiger partial charge in [-0.25, -0.2) is 14.6 Å². The molecule has 2 aromatic rings. The molecule has 0 radical (unpaired) electrons. The van der Waals surface area contributed by atoms with Crippen molar-refractivity contribution in [3.63, 3.8) is 0 Å². The van der Waals surface area contributed by atoms with E-state index < -0.39 is 5.97 Å². The number of nitrogens with one attached hydrogen (secondary N) is 2. The highest BCUT2D eigenvalue weighted by Gasteiger charge is 2.04. The number of amides is 2. The van der Waals surface area contributed by atoms with Crippen LogP contribution in [0.15, 0.2) is 35.8 Å². The second-order valence-electron chi connectivity index (χ2n) is 3.65. The zero-order chi connectivity index (χ0) is 13.7. The highest BCUT2D eigenvalue weighted by molar-refractivity contribution is 7.13. The molecule has 7 heteroatoms. The van der Waals surface area contributed by atoms with E-state index in [1.54, 1.807) is 23.7 Å². The lowest BCUT2D eigenvalue weighted by Crippen LogP contribution is -2.28. The highest BCUT2D eigenvalue weighted by atomic mass is 32.1. The molecule has 0 atom stereocenters. The van der Waals surface area contributed by atoms with Gasteiger partial charge in [-0.1, -0.05) is 12.1 Å². The Labute approximate surface area is 113 Å². The maximum absolute atomic E-state index is 11.5. The van der Waals surface area contributed by atoms with Crippen molar-refractivity contribution in [3.05, 3.63) is 47.0 Å². The van der Waals surface area contributed by atoms with Crippen LogP contribution in [0.4, 0.5) is 9.93 Å². The summed E-state index contributed by atoms with van der Waals surface area (Å²) in [5.41, 5.74) is 1.04. The minimum atomic E-state index is -0.971. The number of thiazole rings is 1. The third-order valence-corrected chi connectivity index (χ3v) is 3.00. The Morgan fingerprint density at radius 3 is 2.58 bits per heavy atom. The number of anilines is 1. The summed E-state index contributed by atoms with van der Waals surface area (Å²) in [6.07, 6.45) is 1.60. The minimum absolute atomic E-state index is 0.219. The summed E-state index contributed by atoms with van der Waals surface area (Å²) in [4.78, 5) is 26.1. The fourth-order valence-corrected chi connectivity index (χ4v) is 1.90. The molecule has 0 bridgehead atoms. The number of rotatable bonds is 4. The number of carbonyl (C=O) groups is 2. The minimum Gasteiger partial charge on any atom is -0.478 e. The second-order valence-corrected chi connectivity index (χ2v) is 4.54. The van der Waals surface area contributed by atoms with Crippen molar-refractivity contribution in [2.75, 3.05) is 5.32 Å². The molecule has 0 spiro atoms. The van der Waals surface area contributed by atoms with Crippen molar-refractivity contribution in [2.45, 2.75) is 6.54 Å². The number of carboxylic acids is 1. The summed E-state index contributed by atoms with van der Waals surface area (Å²) < 4.78 is 0. The van der Waals surface area contributed by atoms with Crippen molar-refractivity contribution >= 4 is 28.5 Å². The monoisotopic (exact) mass is 277 g/mol. The topological polar surface area (TPSA) is 91.3 Å². The molecule has 2 amide bonds. The maximum Gasteiger partial charge on any atom is 0.335 e. The van der Waals surface area contributed by atoms with E-state index in [2.05, 4.69) is 15.6 Å². The Morgan fingerprint density at radius 2 is 2.00 bits per heavy atom. The van der Waals surface area contributed by atoms with Gasteiger partial charge >= 0.3 is 12.0 Å². The van der Waals surface area contributed by atoms with Crippen LogP contribution in [0, 0.1) is 0 Å². The van der Waals surface area contributed by atoms with Crippen LogP contribution in [0.25, 0.3) is 0 Å². The van der Waals surface area contributed by atoms with Gasteiger partial charge in [0.15, 0.2) is 5.13 Å². The third-order valence-electron chi connectivity index (χ3n) is 2.31.